The second-order valence-corrected chi connectivity index (χ2v) is 8.14. The number of imidazole rings is 1. The molecule has 4 aromatic rings. The van der Waals surface area contributed by atoms with Crippen molar-refractivity contribution in [1.29, 1.82) is 0 Å². The molecule has 0 bridgehead atoms. The summed E-state index contributed by atoms with van der Waals surface area (Å²) in [5.74, 6) is 0. The molecule has 0 saturated carbocycles. The van der Waals surface area contributed by atoms with Crippen molar-refractivity contribution >= 4 is 22.6 Å². The number of aldehydes is 1. The van der Waals surface area contributed by atoms with Crippen molar-refractivity contribution in [3.63, 3.8) is 0 Å². The van der Waals surface area contributed by atoms with Crippen LogP contribution in [0.15, 0.2) is 42.5 Å². The molecular formula is C23H22N2OS. The number of fused-ring (bicyclic) bond motifs is 1. The highest BCUT2D eigenvalue weighted by atomic mass is 32.1. The normalized spacial score (nSPS) is 11.3. The largest absolute Gasteiger partial charge is 0.296 e. The fourth-order valence-corrected chi connectivity index (χ4v) is 4.64. The second-order valence-electron chi connectivity index (χ2n) is 6.96. The molecule has 0 aliphatic heterocycles. The van der Waals surface area contributed by atoms with Gasteiger partial charge in [0.25, 0.3) is 0 Å². The zero-order chi connectivity index (χ0) is 19.1. The van der Waals surface area contributed by atoms with Gasteiger partial charge in [-0.3, -0.25) is 9.20 Å². The number of carbonyl (C=O) groups is 1. The number of rotatable bonds is 4. The summed E-state index contributed by atoms with van der Waals surface area (Å²) in [4.78, 5) is 18.9. The van der Waals surface area contributed by atoms with Crippen LogP contribution in [-0.4, -0.2) is 15.7 Å². The molecule has 0 spiro atoms. The van der Waals surface area contributed by atoms with E-state index in [9.17, 15) is 4.79 Å². The van der Waals surface area contributed by atoms with E-state index in [1.54, 1.807) is 11.3 Å². The van der Waals surface area contributed by atoms with E-state index in [2.05, 4.69) is 70.2 Å². The molecule has 0 radical (unpaired) electrons. The van der Waals surface area contributed by atoms with E-state index in [1.165, 1.54) is 21.6 Å². The van der Waals surface area contributed by atoms with Crippen LogP contribution in [0, 0.1) is 20.8 Å². The third-order valence-electron chi connectivity index (χ3n) is 5.07. The number of aryl methyl sites for hydroxylation is 4. The number of nitrogens with zero attached hydrogens (tertiary/aromatic N) is 2. The topological polar surface area (TPSA) is 34.4 Å². The minimum atomic E-state index is 0.619. The Morgan fingerprint density at radius 3 is 2.44 bits per heavy atom. The molecule has 27 heavy (non-hydrogen) atoms. The van der Waals surface area contributed by atoms with Gasteiger partial charge in [0.1, 0.15) is 11.4 Å². The maximum atomic E-state index is 12.1. The number of hydrogen-bond acceptors (Lipinski definition) is 3. The molecular weight excluding hydrogens is 352 g/mol. The number of aromatic nitrogens is 2. The van der Waals surface area contributed by atoms with Gasteiger partial charge in [0.15, 0.2) is 11.2 Å². The summed E-state index contributed by atoms with van der Waals surface area (Å²) in [6.45, 7) is 8.45. The lowest BCUT2D eigenvalue weighted by Crippen LogP contribution is -1.97. The molecule has 0 aliphatic rings. The summed E-state index contributed by atoms with van der Waals surface area (Å²) in [5, 5.41) is 0. The van der Waals surface area contributed by atoms with Crippen LogP contribution >= 0.6 is 11.3 Å². The molecule has 2 heterocycles. The van der Waals surface area contributed by atoms with Gasteiger partial charge in [-0.05, 0) is 38.3 Å². The number of benzene rings is 2. The minimum Gasteiger partial charge on any atom is -0.296 e. The monoisotopic (exact) mass is 374 g/mol. The summed E-state index contributed by atoms with van der Waals surface area (Å²) in [5.41, 5.74) is 8.29. The number of hydrogen-bond donors (Lipinski definition) is 0. The Bertz CT molecular complexity index is 1150. The summed E-state index contributed by atoms with van der Waals surface area (Å²) in [7, 11) is 0. The van der Waals surface area contributed by atoms with E-state index in [4.69, 9.17) is 4.98 Å². The van der Waals surface area contributed by atoms with Gasteiger partial charge >= 0.3 is 0 Å². The van der Waals surface area contributed by atoms with E-state index in [-0.39, 0.29) is 0 Å². The van der Waals surface area contributed by atoms with Crippen LogP contribution in [0.4, 0.5) is 0 Å². The summed E-state index contributed by atoms with van der Waals surface area (Å²) >= 11 is 1.63. The molecule has 0 saturated heterocycles. The highest BCUT2D eigenvalue weighted by Gasteiger charge is 2.21. The maximum absolute atomic E-state index is 12.1. The van der Waals surface area contributed by atoms with Crippen molar-refractivity contribution in [2.75, 3.05) is 0 Å². The number of carbonyl (C=O) groups excluding carboxylic acids is 1. The third kappa shape index (κ3) is 2.90. The molecule has 4 rings (SSSR count). The van der Waals surface area contributed by atoms with E-state index in [0.717, 1.165) is 40.2 Å². The first-order valence-electron chi connectivity index (χ1n) is 9.17. The van der Waals surface area contributed by atoms with Crippen molar-refractivity contribution in [3.8, 4) is 22.5 Å². The molecule has 0 aliphatic carbocycles. The quantitative estimate of drug-likeness (QED) is 0.409. The Kier molecular flexibility index (Phi) is 4.44. The van der Waals surface area contributed by atoms with Crippen molar-refractivity contribution in [1.82, 2.24) is 9.38 Å². The minimum absolute atomic E-state index is 0.619. The van der Waals surface area contributed by atoms with Gasteiger partial charge < -0.3 is 0 Å². The fraction of sp³-hybridized carbons (Fsp3) is 0.217. The van der Waals surface area contributed by atoms with Crippen LogP contribution in [0.3, 0.4) is 0 Å². The summed E-state index contributed by atoms with van der Waals surface area (Å²) in [6.07, 6.45) is 1.93. The lowest BCUT2D eigenvalue weighted by atomic mass is 10.0. The Hall–Kier alpha value is -2.72. The molecule has 136 valence electrons. The average Bonchev–Trinajstić information content (AvgIpc) is 3.16. The first-order chi connectivity index (χ1) is 13.0. The smallest absolute Gasteiger partial charge is 0.195 e. The van der Waals surface area contributed by atoms with Crippen LogP contribution in [0.25, 0.3) is 27.5 Å². The Morgan fingerprint density at radius 2 is 1.81 bits per heavy atom. The highest BCUT2D eigenvalue weighted by molar-refractivity contribution is 7.17. The van der Waals surface area contributed by atoms with Crippen molar-refractivity contribution in [3.05, 3.63) is 69.7 Å². The van der Waals surface area contributed by atoms with Gasteiger partial charge in [-0.25, -0.2) is 4.98 Å². The van der Waals surface area contributed by atoms with Crippen LogP contribution in [0.5, 0.6) is 0 Å². The van der Waals surface area contributed by atoms with Crippen molar-refractivity contribution in [2.45, 2.75) is 34.1 Å². The predicted molar refractivity (Wildman–Crippen MR) is 113 cm³/mol. The lowest BCUT2D eigenvalue weighted by Gasteiger charge is -2.09. The third-order valence-corrected chi connectivity index (χ3v) is 6.02. The Balaban J connectivity index is 1.97. The standard InChI is InChI=1S/C23H22N2OS/c1-5-17-7-9-18(10-8-17)21-20(13-26)25-22(16(4)27-23(25)24-21)19-11-6-14(2)12-15(19)3/h6-13H,5H2,1-4H3. The van der Waals surface area contributed by atoms with Gasteiger partial charge in [0.05, 0.1) is 5.69 Å². The van der Waals surface area contributed by atoms with E-state index in [1.807, 2.05) is 4.40 Å². The van der Waals surface area contributed by atoms with Gasteiger partial charge in [-0.1, -0.05) is 55.0 Å². The van der Waals surface area contributed by atoms with E-state index >= 15 is 0 Å². The summed E-state index contributed by atoms with van der Waals surface area (Å²) < 4.78 is 2.02. The van der Waals surface area contributed by atoms with E-state index in [0.29, 0.717) is 5.69 Å². The van der Waals surface area contributed by atoms with Crippen LogP contribution in [-0.2, 0) is 6.42 Å². The zero-order valence-corrected chi connectivity index (χ0v) is 16.9. The van der Waals surface area contributed by atoms with Crippen molar-refractivity contribution < 1.29 is 4.79 Å². The lowest BCUT2D eigenvalue weighted by molar-refractivity contribution is 0.111. The maximum Gasteiger partial charge on any atom is 0.195 e. The van der Waals surface area contributed by atoms with E-state index < -0.39 is 0 Å². The predicted octanol–water partition coefficient (Wildman–Crippen LogP) is 6.03. The average molecular weight is 375 g/mol. The first kappa shape index (κ1) is 17.7. The first-order valence-corrected chi connectivity index (χ1v) is 9.99. The van der Waals surface area contributed by atoms with Gasteiger partial charge in [0, 0.05) is 16.0 Å². The molecule has 0 fully saturated rings. The molecule has 2 aromatic carbocycles. The van der Waals surface area contributed by atoms with Gasteiger partial charge in [-0.2, -0.15) is 0 Å². The molecule has 0 unspecified atom stereocenters. The SMILES string of the molecule is CCc1ccc(-c2nc3sc(C)c(-c4ccc(C)cc4C)n3c2C=O)cc1. The molecule has 0 N–H and O–H groups in total. The Labute approximate surface area is 163 Å². The van der Waals surface area contributed by atoms with Crippen LogP contribution in [0.1, 0.15) is 39.0 Å². The molecule has 0 amide bonds. The second kappa shape index (κ2) is 6.78. The van der Waals surface area contributed by atoms with Gasteiger partial charge in [0.2, 0.25) is 0 Å². The van der Waals surface area contributed by atoms with Crippen LogP contribution < -0.4 is 0 Å². The Morgan fingerprint density at radius 1 is 1.07 bits per heavy atom. The van der Waals surface area contributed by atoms with Crippen LogP contribution in [0.2, 0.25) is 0 Å². The molecule has 0 atom stereocenters. The zero-order valence-electron chi connectivity index (χ0n) is 16.0. The molecule has 2 aromatic heterocycles. The van der Waals surface area contributed by atoms with Crippen molar-refractivity contribution in [2.24, 2.45) is 0 Å². The fourth-order valence-electron chi connectivity index (χ4n) is 3.65. The summed E-state index contributed by atoms with van der Waals surface area (Å²) in [6, 6.07) is 14.8. The highest BCUT2D eigenvalue weighted by Crippen LogP contribution is 2.37. The number of thiazole rings is 1. The molecule has 4 heteroatoms. The van der Waals surface area contributed by atoms with Gasteiger partial charge in [-0.15, -0.1) is 11.3 Å². The molecule has 3 nitrogen and oxygen atoms in total.